The summed E-state index contributed by atoms with van der Waals surface area (Å²) in [6.07, 6.45) is 2.91. The van der Waals surface area contributed by atoms with Crippen LogP contribution in [-0.2, 0) is 11.2 Å². The number of carbonyl (C=O) groups is 2. The third-order valence-corrected chi connectivity index (χ3v) is 4.40. The number of ketones is 2. The highest BCUT2D eigenvalue weighted by atomic mass is 32.2. The predicted octanol–water partition coefficient (Wildman–Crippen LogP) is 2.55. The van der Waals surface area contributed by atoms with Gasteiger partial charge in [0, 0.05) is 19.3 Å². The van der Waals surface area contributed by atoms with Crippen molar-refractivity contribution >= 4 is 23.3 Å². The van der Waals surface area contributed by atoms with Crippen LogP contribution in [0.2, 0.25) is 0 Å². The molecule has 1 unspecified atom stereocenters. The Balaban J connectivity index is 1.92. The molecule has 3 rings (SSSR count). The fourth-order valence-corrected chi connectivity index (χ4v) is 3.36. The van der Waals surface area contributed by atoms with Gasteiger partial charge in [-0.2, -0.15) is 0 Å². The van der Waals surface area contributed by atoms with Crippen LogP contribution in [-0.4, -0.2) is 17.3 Å². The monoisotopic (exact) mass is 236 g/mol. The van der Waals surface area contributed by atoms with Crippen LogP contribution in [0.1, 0.15) is 46.4 Å². The molecule has 0 amide bonds. The second kappa shape index (κ2) is 3.77. The summed E-state index contributed by atoms with van der Waals surface area (Å²) >= 11 is 1.61. The number of rotatable bonds is 1. The third kappa shape index (κ3) is 1.61. The normalized spacial score (nSPS) is 24.9. The highest BCUT2D eigenvalue weighted by Crippen LogP contribution is 2.40. The molecule has 1 atom stereocenters. The van der Waals surface area contributed by atoms with E-state index in [4.69, 9.17) is 4.42 Å². The van der Waals surface area contributed by atoms with E-state index in [-0.39, 0.29) is 16.8 Å². The summed E-state index contributed by atoms with van der Waals surface area (Å²) in [6, 6.07) is 1.85. The lowest BCUT2D eigenvalue weighted by molar-refractivity contribution is -0.116. The van der Waals surface area contributed by atoms with E-state index in [1.807, 2.05) is 6.07 Å². The average molecular weight is 236 g/mol. The first-order valence-corrected chi connectivity index (χ1v) is 6.58. The minimum atomic E-state index is 0.130. The van der Waals surface area contributed by atoms with Crippen LogP contribution in [0.4, 0.5) is 0 Å². The van der Waals surface area contributed by atoms with E-state index in [1.54, 1.807) is 11.8 Å². The molecule has 0 aromatic carbocycles. The summed E-state index contributed by atoms with van der Waals surface area (Å²) < 4.78 is 5.71. The van der Waals surface area contributed by atoms with E-state index in [0.717, 1.165) is 29.9 Å². The van der Waals surface area contributed by atoms with Crippen molar-refractivity contribution in [2.24, 2.45) is 0 Å². The Bertz CT molecular complexity index is 461. The van der Waals surface area contributed by atoms with Crippen molar-refractivity contribution in [1.29, 1.82) is 0 Å². The molecule has 1 aliphatic carbocycles. The fourth-order valence-electron chi connectivity index (χ4n) is 2.27. The van der Waals surface area contributed by atoms with Gasteiger partial charge in [0.1, 0.15) is 17.3 Å². The standard InChI is InChI=1S/C12H12O3S/c13-7-4-12(16-6-7)11-5-8-9(14)2-1-3-10(8)15-11/h5,12H,1-4,6H2. The second-order valence-corrected chi connectivity index (χ2v) is 5.50. The third-order valence-electron chi connectivity index (χ3n) is 3.11. The summed E-state index contributed by atoms with van der Waals surface area (Å²) in [7, 11) is 0. The van der Waals surface area contributed by atoms with E-state index < -0.39 is 0 Å². The van der Waals surface area contributed by atoms with Gasteiger partial charge in [0.05, 0.1) is 16.6 Å². The maximum atomic E-state index is 11.6. The molecule has 0 spiro atoms. The van der Waals surface area contributed by atoms with Crippen molar-refractivity contribution in [3.8, 4) is 0 Å². The Kier molecular flexibility index (Phi) is 2.39. The number of furan rings is 1. The van der Waals surface area contributed by atoms with E-state index in [9.17, 15) is 9.59 Å². The number of aryl methyl sites for hydroxylation is 1. The Hall–Kier alpha value is -1.03. The highest BCUT2D eigenvalue weighted by molar-refractivity contribution is 8.00. The van der Waals surface area contributed by atoms with E-state index in [0.29, 0.717) is 18.6 Å². The molecule has 0 radical (unpaired) electrons. The Morgan fingerprint density at radius 1 is 1.31 bits per heavy atom. The average Bonchev–Trinajstić information content (AvgIpc) is 2.84. The van der Waals surface area contributed by atoms with Gasteiger partial charge in [-0.1, -0.05) is 0 Å². The number of hydrogen-bond acceptors (Lipinski definition) is 4. The van der Waals surface area contributed by atoms with Crippen molar-refractivity contribution in [2.45, 2.75) is 30.9 Å². The smallest absolute Gasteiger partial charge is 0.166 e. The number of Topliss-reactive ketones (excluding diaryl/α,β-unsaturated/α-hetero) is 2. The van der Waals surface area contributed by atoms with E-state index >= 15 is 0 Å². The van der Waals surface area contributed by atoms with Crippen molar-refractivity contribution in [3.63, 3.8) is 0 Å². The summed E-state index contributed by atoms with van der Waals surface area (Å²) in [4.78, 5) is 22.8. The molecule has 0 N–H and O–H groups in total. The molecular weight excluding hydrogens is 224 g/mol. The Morgan fingerprint density at radius 3 is 2.88 bits per heavy atom. The molecule has 3 nitrogen and oxygen atoms in total. The summed E-state index contributed by atoms with van der Waals surface area (Å²) in [6.45, 7) is 0. The van der Waals surface area contributed by atoms with Gasteiger partial charge in [-0.25, -0.2) is 0 Å². The van der Waals surface area contributed by atoms with Crippen LogP contribution in [0.25, 0.3) is 0 Å². The molecule has 84 valence electrons. The second-order valence-electron chi connectivity index (χ2n) is 4.30. The van der Waals surface area contributed by atoms with Gasteiger partial charge in [0.15, 0.2) is 5.78 Å². The van der Waals surface area contributed by atoms with Gasteiger partial charge in [-0.05, 0) is 12.5 Å². The molecule has 1 aliphatic heterocycles. The fraction of sp³-hybridized carbons (Fsp3) is 0.500. The SMILES string of the molecule is O=C1CSC(c2cc3c(o2)CCCC3=O)C1. The molecule has 16 heavy (non-hydrogen) atoms. The Labute approximate surface area is 97.6 Å². The first-order valence-electron chi connectivity index (χ1n) is 5.53. The van der Waals surface area contributed by atoms with Gasteiger partial charge in [0.2, 0.25) is 0 Å². The first kappa shape index (κ1) is 10.1. The zero-order valence-corrected chi connectivity index (χ0v) is 9.64. The van der Waals surface area contributed by atoms with Gasteiger partial charge >= 0.3 is 0 Å². The van der Waals surface area contributed by atoms with Crippen molar-refractivity contribution in [3.05, 3.63) is 23.2 Å². The molecule has 2 aliphatic rings. The van der Waals surface area contributed by atoms with Gasteiger partial charge in [-0.3, -0.25) is 9.59 Å². The quantitative estimate of drug-likeness (QED) is 0.751. The van der Waals surface area contributed by atoms with Gasteiger partial charge < -0.3 is 4.42 Å². The molecule has 0 saturated carbocycles. The molecule has 1 fully saturated rings. The highest BCUT2D eigenvalue weighted by Gasteiger charge is 2.30. The Morgan fingerprint density at radius 2 is 2.19 bits per heavy atom. The number of thioether (sulfide) groups is 1. The van der Waals surface area contributed by atoms with Crippen LogP contribution >= 0.6 is 11.8 Å². The molecule has 1 aromatic rings. The maximum Gasteiger partial charge on any atom is 0.166 e. The molecule has 4 heteroatoms. The minimum absolute atomic E-state index is 0.130. The molecule has 1 saturated heterocycles. The molecule has 0 bridgehead atoms. The van der Waals surface area contributed by atoms with Crippen molar-refractivity contribution in [2.75, 3.05) is 5.75 Å². The van der Waals surface area contributed by atoms with Gasteiger partial charge in [-0.15, -0.1) is 11.8 Å². The van der Waals surface area contributed by atoms with Crippen molar-refractivity contribution < 1.29 is 14.0 Å². The zero-order valence-electron chi connectivity index (χ0n) is 8.82. The number of hydrogen-bond donors (Lipinski definition) is 0. The maximum absolute atomic E-state index is 11.6. The summed E-state index contributed by atoms with van der Waals surface area (Å²) in [5, 5.41) is 0.130. The minimum Gasteiger partial charge on any atom is -0.464 e. The topological polar surface area (TPSA) is 47.3 Å². The lowest BCUT2D eigenvalue weighted by Gasteiger charge is -2.06. The van der Waals surface area contributed by atoms with Crippen LogP contribution in [0.15, 0.2) is 10.5 Å². The largest absolute Gasteiger partial charge is 0.464 e. The van der Waals surface area contributed by atoms with Crippen LogP contribution < -0.4 is 0 Å². The van der Waals surface area contributed by atoms with E-state index in [2.05, 4.69) is 0 Å². The van der Waals surface area contributed by atoms with Gasteiger partial charge in [0.25, 0.3) is 0 Å². The molecule has 2 heterocycles. The first-order chi connectivity index (χ1) is 7.74. The predicted molar refractivity (Wildman–Crippen MR) is 60.8 cm³/mol. The van der Waals surface area contributed by atoms with E-state index in [1.165, 1.54) is 0 Å². The number of fused-ring (bicyclic) bond motifs is 1. The lowest BCUT2D eigenvalue weighted by Crippen LogP contribution is -2.07. The summed E-state index contributed by atoms with van der Waals surface area (Å²) in [5.41, 5.74) is 0.751. The molecular formula is C12H12O3S. The van der Waals surface area contributed by atoms with Crippen LogP contribution in [0, 0.1) is 0 Å². The molecule has 1 aromatic heterocycles. The van der Waals surface area contributed by atoms with Crippen molar-refractivity contribution in [1.82, 2.24) is 0 Å². The summed E-state index contributed by atoms with van der Waals surface area (Å²) in [5.74, 6) is 2.67. The number of carbonyl (C=O) groups excluding carboxylic acids is 2. The lowest BCUT2D eigenvalue weighted by atomic mass is 9.97. The van der Waals surface area contributed by atoms with Crippen LogP contribution in [0.3, 0.4) is 0 Å². The van der Waals surface area contributed by atoms with Crippen LogP contribution in [0.5, 0.6) is 0 Å². The zero-order chi connectivity index (χ0) is 11.1.